The van der Waals surface area contributed by atoms with Gasteiger partial charge in [-0.05, 0) is 48.0 Å². The highest BCUT2D eigenvalue weighted by Gasteiger charge is 2.15. The van der Waals surface area contributed by atoms with Crippen LogP contribution in [-0.2, 0) is 6.54 Å². The molecule has 5 heteroatoms. The number of nitrogens with zero attached hydrogens (tertiary/aromatic N) is 3. The quantitative estimate of drug-likeness (QED) is 0.411. The van der Waals surface area contributed by atoms with E-state index in [1.54, 1.807) is 6.07 Å². The summed E-state index contributed by atoms with van der Waals surface area (Å²) in [5, 5.41) is 1.47. The van der Waals surface area contributed by atoms with Crippen LogP contribution in [-0.4, -0.2) is 14.5 Å². The fraction of sp³-hybridized carbons (Fsp3) is 0.0476. The summed E-state index contributed by atoms with van der Waals surface area (Å²) in [7, 11) is 0. The fourth-order valence-corrected chi connectivity index (χ4v) is 3.47. The van der Waals surface area contributed by atoms with Crippen molar-refractivity contribution in [2.24, 2.45) is 0 Å². The van der Waals surface area contributed by atoms with Crippen molar-refractivity contribution in [2.45, 2.75) is 6.54 Å². The van der Waals surface area contributed by atoms with Gasteiger partial charge in [0.15, 0.2) is 5.65 Å². The molecule has 0 bridgehead atoms. The highest BCUT2D eigenvalue weighted by atomic mass is 35.5. The molecule has 0 aliphatic rings. The summed E-state index contributed by atoms with van der Waals surface area (Å²) in [6, 6.07) is 20.2. The summed E-state index contributed by atoms with van der Waals surface area (Å²) in [6.45, 7) is 0.607. The maximum atomic E-state index is 13.9. The molecule has 0 aliphatic heterocycles. The van der Waals surface area contributed by atoms with Crippen molar-refractivity contribution >= 4 is 44.7 Å². The molecule has 126 valence electrons. The van der Waals surface area contributed by atoms with E-state index in [0.29, 0.717) is 17.1 Å². The molecule has 0 N–H and O–H groups in total. The van der Waals surface area contributed by atoms with Crippen LogP contribution >= 0.6 is 11.6 Å². The van der Waals surface area contributed by atoms with Gasteiger partial charge in [0.1, 0.15) is 11.3 Å². The molecule has 0 radical (unpaired) electrons. The monoisotopic (exact) mass is 361 g/mol. The SMILES string of the molecule is Fc1ccc2c(c1)c1nc3ccccc3nc1n2Cc1ccc(Cl)cc1. The Morgan fingerprint density at radius 3 is 2.38 bits per heavy atom. The summed E-state index contributed by atoms with van der Waals surface area (Å²) in [5.74, 6) is -0.280. The Bertz CT molecular complexity index is 1280. The van der Waals surface area contributed by atoms with E-state index in [-0.39, 0.29) is 5.82 Å². The Labute approximate surface area is 153 Å². The Balaban J connectivity index is 1.83. The number of halogens is 2. The van der Waals surface area contributed by atoms with Gasteiger partial charge in [0, 0.05) is 17.0 Å². The zero-order valence-electron chi connectivity index (χ0n) is 13.7. The lowest BCUT2D eigenvalue weighted by Crippen LogP contribution is -2.01. The first kappa shape index (κ1) is 15.3. The molecule has 0 aliphatic carbocycles. The van der Waals surface area contributed by atoms with Crippen molar-refractivity contribution in [3.8, 4) is 0 Å². The first-order valence-corrected chi connectivity index (χ1v) is 8.65. The number of rotatable bonds is 2. The number of benzene rings is 3. The molecule has 2 heterocycles. The van der Waals surface area contributed by atoms with Gasteiger partial charge in [0.25, 0.3) is 0 Å². The third-order valence-electron chi connectivity index (χ3n) is 4.57. The highest BCUT2D eigenvalue weighted by Crippen LogP contribution is 2.29. The van der Waals surface area contributed by atoms with E-state index in [4.69, 9.17) is 21.6 Å². The second kappa shape index (κ2) is 5.78. The standard InChI is InChI=1S/C21H13ClFN3/c22-14-7-5-13(6-8-14)12-26-19-10-9-15(23)11-16(19)20-21(26)25-18-4-2-1-3-17(18)24-20/h1-11H,12H2. The van der Waals surface area contributed by atoms with Crippen molar-refractivity contribution in [1.82, 2.24) is 14.5 Å². The first-order valence-electron chi connectivity index (χ1n) is 8.28. The van der Waals surface area contributed by atoms with Crippen LogP contribution in [0.15, 0.2) is 66.7 Å². The average Bonchev–Trinajstić information content (AvgIpc) is 2.94. The van der Waals surface area contributed by atoms with Gasteiger partial charge in [-0.15, -0.1) is 0 Å². The van der Waals surface area contributed by atoms with Gasteiger partial charge in [-0.2, -0.15) is 0 Å². The van der Waals surface area contributed by atoms with Gasteiger partial charge in [0.2, 0.25) is 0 Å². The van der Waals surface area contributed by atoms with Crippen molar-refractivity contribution in [3.05, 3.63) is 83.1 Å². The minimum atomic E-state index is -0.280. The number of para-hydroxylation sites is 2. The molecule has 5 aromatic rings. The molecule has 0 fully saturated rings. The van der Waals surface area contributed by atoms with E-state index < -0.39 is 0 Å². The number of aromatic nitrogens is 3. The molecule has 0 saturated carbocycles. The maximum Gasteiger partial charge on any atom is 0.160 e. The van der Waals surface area contributed by atoms with Gasteiger partial charge in [-0.3, -0.25) is 0 Å². The summed E-state index contributed by atoms with van der Waals surface area (Å²) >= 11 is 6.00. The van der Waals surface area contributed by atoms with Crippen LogP contribution in [0.4, 0.5) is 4.39 Å². The van der Waals surface area contributed by atoms with Gasteiger partial charge in [-0.25, -0.2) is 14.4 Å². The van der Waals surface area contributed by atoms with Crippen LogP contribution in [0.2, 0.25) is 5.02 Å². The lowest BCUT2D eigenvalue weighted by atomic mass is 10.2. The van der Waals surface area contributed by atoms with Crippen LogP contribution in [0.3, 0.4) is 0 Å². The van der Waals surface area contributed by atoms with Gasteiger partial charge >= 0.3 is 0 Å². The Morgan fingerprint density at radius 1 is 0.885 bits per heavy atom. The van der Waals surface area contributed by atoms with Gasteiger partial charge < -0.3 is 4.57 Å². The van der Waals surface area contributed by atoms with Crippen LogP contribution in [0.5, 0.6) is 0 Å². The molecule has 0 unspecified atom stereocenters. The van der Waals surface area contributed by atoms with E-state index in [1.807, 2.05) is 48.5 Å². The lowest BCUT2D eigenvalue weighted by Gasteiger charge is -2.07. The third kappa shape index (κ3) is 2.42. The summed E-state index contributed by atoms with van der Waals surface area (Å²) in [4.78, 5) is 9.56. The van der Waals surface area contributed by atoms with Crippen molar-refractivity contribution in [2.75, 3.05) is 0 Å². The summed E-state index contributed by atoms with van der Waals surface area (Å²) in [6.07, 6.45) is 0. The van der Waals surface area contributed by atoms with E-state index >= 15 is 0 Å². The highest BCUT2D eigenvalue weighted by molar-refractivity contribution is 6.30. The van der Waals surface area contributed by atoms with Crippen molar-refractivity contribution < 1.29 is 4.39 Å². The van der Waals surface area contributed by atoms with E-state index in [1.165, 1.54) is 12.1 Å². The van der Waals surface area contributed by atoms with E-state index in [9.17, 15) is 4.39 Å². The molecule has 26 heavy (non-hydrogen) atoms. The second-order valence-electron chi connectivity index (χ2n) is 6.26. The Kier molecular flexibility index (Phi) is 3.40. The minimum Gasteiger partial charge on any atom is -0.319 e. The Morgan fingerprint density at radius 2 is 1.62 bits per heavy atom. The predicted molar refractivity (Wildman–Crippen MR) is 103 cm³/mol. The van der Waals surface area contributed by atoms with E-state index in [2.05, 4.69) is 4.57 Å². The summed E-state index contributed by atoms with van der Waals surface area (Å²) in [5.41, 5.74) is 5.08. The molecule has 0 saturated heterocycles. The zero-order chi connectivity index (χ0) is 17.7. The smallest absolute Gasteiger partial charge is 0.160 e. The van der Waals surface area contributed by atoms with Crippen LogP contribution < -0.4 is 0 Å². The Hall–Kier alpha value is -2.98. The molecule has 3 nitrogen and oxygen atoms in total. The molecule has 0 spiro atoms. The first-order chi connectivity index (χ1) is 12.7. The predicted octanol–water partition coefficient (Wildman–Crippen LogP) is 5.58. The lowest BCUT2D eigenvalue weighted by molar-refractivity contribution is 0.629. The topological polar surface area (TPSA) is 30.7 Å². The maximum absolute atomic E-state index is 13.9. The van der Waals surface area contributed by atoms with Gasteiger partial charge in [0.05, 0.1) is 16.6 Å². The van der Waals surface area contributed by atoms with Crippen LogP contribution in [0.1, 0.15) is 5.56 Å². The molecule has 0 amide bonds. The van der Waals surface area contributed by atoms with Gasteiger partial charge in [-0.1, -0.05) is 35.9 Å². The van der Waals surface area contributed by atoms with Crippen LogP contribution in [0.25, 0.3) is 33.1 Å². The number of hydrogen-bond donors (Lipinski definition) is 0. The molecule has 5 rings (SSSR count). The largest absolute Gasteiger partial charge is 0.319 e. The second-order valence-corrected chi connectivity index (χ2v) is 6.70. The molecular formula is C21H13ClFN3. The molecule has 2 aromatic heterocycles. The normalized spacial score (nSPS) is 11.6. The summed E-state index contributed by atoms with van der Waals surface area (Å²) < 4.78 is 16.0. The van der Waals surface area contributed by atoms with Crippen LogP contribution in [0, 0.1) is 5.82 Å². The molecule has 3 aromatic carbocycles. The van der Waals surface area contributed by atoms with Crippen molar-refractivity contribution in [1.29, 1.82) is 0 Å². The third-order valence-corrected chi connectivity index (χ3v) is 4.82. The molecule has 0 atom stereocenters. The average molecular weight is 362 g/mol. The molecular weight excluding hydrogens is 349 g/mol. The zero-order valence-corrected chi connectivity index (χ0v) is 14.4. The minimum absolute atomic E-state index is 0.280. The number of fused-ring (bicyclic) bond motifs is 4. The van der Waals surface area contributed by atoms with E-state index in [0.717, 1.165) is 33.1 Å². The fourth-order valence-electron chi connectivity index (χ4n) is 3.34. The van der Waals surface area contributed by atoms with Crippen molar-refractivity contribution in [3.63, 3.8) is 0 Å². The number of hydrogen-bond acceptors (Lipinski definition) is 2.